The van der Waals surface area contributed by atoms with E-state index in [-0.39, 0.29) is 24.1 Å². The predicted molar refractivity (Wildman–Crippen MR) is 52.5 cm³/mol. The molecular formula is C9H9F3N4O. The Balaban J connectivity index is 3.26. The van der Waals surface area contributed by atoms with Crippen LogP contribution in [0.5, 0.6) is 5.75 Å². The normalized spacial score (nSPS) is 11.0. The number of hydrogen-bond acceptors (Lipinski definition) is 5. The van der Waals surface area contributed by atoms with Gasteiger partial charge in [0.15, 0.2) is 11.6 Å². The van der Waals surface area contributed by atoms with E-state index < -0.39 is 17.9 Å². The van der Waals surface area contributed by atoms with Gasteiger partial charge in [0, 0.05) is 18.3 Å². The molecule has 92 valence electrons. The Morgan fingerprint density at radius 2 is 2.12 bits per heavy atom. The van der Waals surface area contributed by atoms with Crippen LogP contribution in [0.2, 0.25) is 0 Å². The minimum Gasteiger partial charge on any atom is -0.401 e. The summed E-state index contributed by atoms with van der Waals surface area (Å²) < 4.78 is 40.2. The lowest BCUT2D eigenvalue weighted by Gasteiger charge is -2.15. The predicted octanol–water partition coefficient (Wildman–Crippen LogP) is 1.09. The van der Waals surface area contributed by atoms with Crippen molar-refractivity contribution in [1.82, 2.24) is 4.98 Å². The van der Waals surface area contributed by atoms with Crippen molar-refractivity contribution in [2.24, 2.45) is 5.73 Å². The first-order chi connectivity index (χ1) is 7.89. The van der Waals surface area contributed by atoms with E-state index >= 15 is 0 Å². The van der Waals surface area contributed by atoms with E-state index in [0.717, 1.165) is 0 Å². The maximum Gasteiger partial charge on any atom is 0.573 e. The Kier molecular flexibility index (Phi) is 3.75. The van der Waals surface area contributed by atoms with E-state index in [1.807, 2.05) is 0 Å². The summed E-state index contributed by atoms with van der Waals surface area (Å²) in [7, 11) is 0. The number of pyridine rings is 1. The van der Waals surface area contributed by atoms with Gasteiger partial charge in [-0.3, -0.25) is 0 Å². The monoisotopic (exact) mass is 246 g/mol. The molecule has 0 saturated carbocycles. The highest BCUT2D eigenvalue weighted by Crippen LogP contribution is 2.32. The van der Waals surface area contributed by atoms with Crippen LogP contribution in [0, 0.1) is 11.3 Å². The Morgan fingerprint density at radius 3 is 2.59 bits per heavy atom. The third-order valence-corrected chi connectivity index (χ3v) is 1.95. The molecule has 0 atom stereocenters. The first-order valence-corrected chi connectivity index (χ1v) is 4.48. The third-order valence-electron chi connectivity index (χ3n) is 1.95. The molecule has 17 heavy (non-hydrogen) atoms. The number of hydrogen-bond donors (Lipinski definition) is 2. The summed E-state index contributed by atoms with van der Waals surface area (Å²) >= 11 is 0. The summed E-state index contributed by atoms with van der Waals surface area (Å²) in [6.07, 6.45) is -3.79. The summed E-state index contributed by atoms with van der Waals surface area (Å²) in [4.78, 5) is 3.54. The summed E-state index contributed by atoms with van der Waals surface area (Å²) in [5.74, 6) is -1.04. The second-order valence-corrected chi connectivity index (χ2v) is 3.06. The number of nitrogens with two attached hydrogens (primary N) is 2. The quantitative estimate of drug-likeness (QED) is 0.831. The van der Waals surface area contributed by atoms with Crippen molar-refractivity contribution in [2.75, 3.05) is 5.73 Å². The maximum atomic E-state index is 12.1. The number of halogens is 3. The molecule has 0 aliphatic rings. The molecule has 0 saturated heterocycles. The van der Waals surface area contributed by atoms with Gasteiger partial charge in [0.05, 0.1) is 12.5 Å². The largest absolute Gasteiger partial charge is 0.573 e. The second-order valence-electron chi connectivity index (χ2n) is 3.06. The number of nitriles is 1. The number of nitrogens with zero attached hydrogens (tertiary/aromatic N) is 2. The highest BCUT2D eigenvalue weighted by atomic mass is 19.4. The van der Waals surface area contributed by atoms with Gasteiger partial charge in [-0.15, -0.1) is 13.2 Å². The van der Waals surface area contributed by atoms with E-state index in [1.165, 1.54) is 6.20 Å². The summed E-state index contributed by atoms with van der Waals surface area (Å²) in [5.41, 5.74) is 10.9. The van der Waals surface area contributed by atoms with Gasteiger partial charge in [-0.1, -0.05) is 0 Å². The molecule has 5 nitrogen and oxygen atoms in total. The fraction of sp³-hybridized carbons (Fsp3) is 0.333. The average molecular weight is 246 g/mol. The van der Waals surface area contributed by atoms with Gasteiger partial charge in [-0.05, 0) is 5.56 Å². The lowest BCUT2D eigenvalue weighted by molar-refractivity contribution is -0.274. The van der Waals surface area contributed by atoms with Crippen LogP contribution in [0.25, 0.3) is 0 Å². The number of nitrogen functional groups attached to an aromatic ring is 1. The van der Waals surface area contributed by atoms with Gasteiger partial charge in [0.25, 0.3) is 0 Å². The van der Waals surface area contributed by atoms with Crippen molar-refractivity contribution in [3.05, 3.63) is 17.3 Å². The van der Waals surface area contributed by atoms with Crippen LogP contribution in [0.15, 0.2) is 6.20 Å². The smallest absolute Gasteiger partial charge is 0.401 e. The van der Waals surface area contributed by atoms with E-state index in [2.05, 4.69) is 9.72 Å². The molecule has 0 aliphatic heterocycles. The molecule has 0 amide bonds. The van der Waals surface area contributed by atoms with Crippen LogP contribution in [-0.2, 0) is 13.0 Å². The summed E-state index contributed by atoms with van der Waals surface area (Å²) in [6.45, 7) is -0.227. The van der Waals surface area contributed by atoms with Gasteiger partial charge in [0.1, 0.15) is 0 Å². The van der Waals surface area contributed by atoms with E-state index in [9.17, 15) is 13.2 Å². The Morgan fingerprint density at radius 1 is 1.47 bits per heavy atom. The first kappa shape index (κ1) is 13.1. The van der Waals surface area contributed by atoms with Crippen molar-refractivity contribution >= 4 is 5.82 Å². The molecule has 1 heterocycles. The maximum absolute atomic E-state index is 12.1. The van der Waals surface area contributed by atoms with Crippen LogP contribution in [0.3, 0.4) is 0 Å². The molecule has 0 aliphatic carbocycles. The molecule has 4 N–H and O–H groups in total. The molecule has 1 rings (SSSR count). The van der Waals surface area contributed by atoms with Gasteiger partial charge in [-0.2, -0.15) is 5.26 Å². The van der Waals surface area contributed by atoms with Crippen LogP contribution in [0.4, 0.5) is 19.0 Å². The lowest BCUT2D eigenvalue weighted by atomic mass is 10.1. The molecule has 0 aromatic carbocycles. The molecule has 0 fully saturated rings. The Bertz CT molecular complexity index is 453. The highest BCUT2D eigenvalue weighted by molar-refractivity contribution is 5.54. The van der Waals surface area contributed by atoms with Gasteiger partial charge < -0.3 is 16.2 Å². The molecule has 0 spiro atoms. The van der Waals surface area contributed by atoms with E-state index in [1.54, 1.807) is 6.07 Å². The lowest BCUT2D eigenvalue weighted by Crippen LogP contribution is -2.21. The van der Waals surface area contributed by atoms with Gasteiger partial charge in [0.2, 0.25) is 0 Å². The van der Waals surface area contributed by atoms with Crippen LogP contribution in [0.1, 0.15) is 11.1 Å². The van der Waals surface area contributed by atoms with Gasteiger partial charge >= 0.3 is 6.36 Å². The molecule has 1 aromatic rings. The molecule has 0 bridgehead atoms. The zero-order valence-corrected chi connectivity index (χ0v) is 8.58. The van der Waals surface area contributed by atoms with Crippen LogP contribution < -0.4 is 16.2 Å². The third kappa shape index (κ3) is 3.22. The SMILES string of the molecule is N#CCc1cnc(N)c(OC(F)(F)F)c1CN. The molecule has 8 heteroatoms. The van der Waals surface area contributed by atoms with Crippen molar-refractivity contribution in [3.8, 4) is 11.8 Å². The number of alkyl halides is 3. The Hall–Kier alpha value is -2.01. The fourth-order valence-corrected chi connectivity index (χ4v) is 1.28. The molecule has 0 unspecified atom stereocenters. The highest BCUT2D eigenvalue weighted by Gasteiger charge is 2.33. The minimum atomic E-state index is -4.88. The number of ether oxygens (including phenoxy) is 1. The molecule has 0 radical (unpaired) electrons. The minimum absolute atomic E-state index is 0.0383. The zero-order valence-electron chi connectivity index (χ0n) is 8.58. The Labute approximate surface area is 94.8 Å². The van der Waals surface area contributed by atoms with Crippen molar-refractivity contribution < 1.29 is 17.9 Å². The zero-order chi connectivity index (χ0) is 13.1. The number of rotatable bonds is 3. The molecule has 1 aromatic heterocycles. The number of aromatic nitrogens is 1. The fourth-order valence-electron chi connectivity index (χ4n) is 1.28. The van der Waals surface area contributed by atoms with E-state index in [4.69, 9.17) is 16.7 Å². The van der Waals surface area contributed by atoms with Crippen molar-refractivity contribution in [1.29, 1.82) is 5.26 Å². The van der Waals surface area contributed by atoms with Crippen molar-refractivity contribution in [3.63, 3.8) is 0 Å². The summed E-state index contributed by atoms with van der Waals surface area (Å²) in [5, 5.41) is 8.52. The molecular weight excluding hydrogens is 237 g/mol. The average Bonchev–Trinajstić information content (AvgIpc) is 2.22. The second kappa shape index (κ2) is 4.88. The van der Waals surface area contributed by atoms with E-state index in [0.29, 0.717) is 0 Å². The van der Waals surface area contributed by atoms with Crippen LogP contribution in [-0.4, -0.2) is 11.3 Å². The standard InChI is InChI=1S/C9H9F3N4O/c10-9(11,12)17-7-6(3-14)5(1-2-13)4-16-8(7)15/h4H,1,3,14H2,(H2,15,16). The first-order valence-electron chi connectivity index (χ1n) is 4.48. The van der Waals surface area contributed by atoms with Crippen LogP contribution >= 0.6 is 0 Å². The number of anilines is 1. The topological polar surface area (TPSA) is 98.0 Å². The van der Waals surface area contributed by atoms with Gasteiger partial charge in [-0.25, -0.2) is 4.98 Å². The van der Waals surface area contributed by atoms with Crippen molar-refractivity contribution in [2.45, 2.75) is 19.3 Å². The summed E-state index contributed by atoms with van der Waals surface area (Å²) in [6, 6.07) is 1.80.